The van der Waals surface area contributed by atoms with E-state index in [2.05, 4.69) is 0 Å². The topological polar surface area (TPSA) is 49.8 Å². The van der Waals surface area contributed by atoms with Crippen LogP contribution in [0.5, 0.6) is 0 Å². The molecule has 116 valence electrons. The lowest BCUT2D eigenvalue weighted by atomic mass is 10.1. The summed E-state index contributed by atoms with van der Waals surface area (Å²) < 4.78 is 30.8. The number of carbonyl (C=O) groups is 1. The molecule has 0 amide bonds. The number of esters is 1. The summed E-state index contributed by atoms with van der Waals surface area (Å²) in [6.07, 6.45) is 0.220. The summed E-state index contributed by atoms with van der Waals surface area (Å²) >= 11 is 0. The summed E-state index contributed by atoms with van der Waals surface area (Å²) in [5.41, 5.74) is 0.616. The minimum absolute atomic E-state index is 0.206. The maximum atomic E-state index is 13.2. The van der Waals surface area contributed by atoms with Crippen molar-refractivity contribution in [3.05, 3.63) is 35.4 Å². The van der Waals surface area contributed by atoms with E-state index < -0.39 is 17.7 Å². The molecule has 0 bridgehead atoms. The van der Waals surface area contributed by atoms with E-state index in [1.54, 1.807) is 7.05 Å². The third-order valence-corrected chi connectivity index (χ3v) is 4.01. The number of carbonyl (C=O) groups excluding carboxylic acids is 1. The molecule has 0 saturated heterocycles. The van der Waals surface area contributed by atoms with Gasteiger partial charge < -0.3 is 9.84 Å². The zero-order valence-electron chi connectivity index (χ0n) is 12.1. The Hall–Kier alpha value is -1.53. The van der Waals surface area contributed by atoms with Gasteiger partial charge in [0.05, 0.1) is 19.1 Å². The molecular weight excluding hydrogens is 280 g/mol. The van der Waals surface area contributed by atoms with Gasteiger partial charge in [0.2, 0.25) is 0 Å². The average molecular weight is 299 g/mol. The van der Waals surface area contributed by atoms with Crippen LogP contribution < -0.4 is 0 Å². The van der Waals surface area contributed by atoms with Crippen LogP contribution in [-0.2, 0) is 16.1 Å². The molecule has 1 aliphatic carbocycles. The van der Waals surface area contributed by atoms with Gasteiger partial charge >= 0.3 is 5.97 Å². The number of benzene rings is 1. The second kappa shape index (κ2) is 6.49. The van der Waals surface area contributed by atoms with Gasteiger partial charge in [-0.15, -0.1) is 0 Å². The van der Waals surface area contributed by atoms with Crippen molar-refractivity contribution in [2.45, 2.75) is 31.5 Å². The van der Waals surface area contributed by atoms with Gasteiger partial charge in [-0.3, -0.25) is 9.69 Å². The predicted molar refractivity (Wildman–Crippen MR) is 72.4 cm³/mol. The number of aliphatic hydroxyl groups excluding tert-OH is 1. The highest BCUT2D eigenvalue weighted by molar-refractivity contribution is 5.72. The number of hydrogen-bond acceptors (Lipinski definition) is 4. The number of aliphatic hydroxyl groups is 1. The molecule has 1 aliphatic rings. The number of likely N-dealkylation sites (N-methyl/N-ethyl adjacent to an activating group) is 1. The van der Waals surface area contributed by atoms with Crippen LogP contribution in [0.4, 0.5) is 8.78 Å². The molecule has 0 aromatic heterocycles. The van der Waals surface area contributed by atoms with E-state index in [1.165, 1.54) is 13.2 Å². The van der Waals surface area contributed by atoms with E-state index >= 15 is 0 Å². The molecule has 1 saturated carbocycles. The lowest BCUT2D eigenvalue weighted by Crippen LogP contribution is -2.37. The molecule has 6 heteroatoms. The Morgan fingerprint density at radius 2 is 2.10 bits per heavy atom. The van der Waals surface area contributed by atoms with Crippen LogP contribution in [0.2, 0.25) is 0 Å². The zero-order chi connectivity index (χ0) is 15.6. The number of ether oxygens (including phenoxy) is 1. The molecule has 21 heavy (non-hydrogen) atoms. The van der Waals surface area contributed by atoms with E-state index in [-0.39, 0.29) is 17.9 Å². The summed E-state index contributed by atoms with van der Waals surface area (Å²) in [4.78, 5) is 13.4. The number of rotatable bonds is 4. The van der Waals surface area contributed by atoms with E-state index in [0.29, 0.717) is 24.9 Å². The molecule has 1 aromatic carbocycles. The van der Waals surface area contributed by atoms with Crippen molar-refractivity contribution in [3.8, 4) is 0 Å². The van der Waals surface area contributed by atoms with Crippen LogP contribution in [0.15, 0.2) is 18.2 Å². The first-order valence-electron chi connectivity index (χ1n) is 6.82. The van der Waals surface area contributed by atoms with Crippen molar-refractivity contribution in [2.75, 3.05) is 14.2 Å². The van der Waals surface area contributed by atoms with E-state index in [1.807, 2.05) is 4.90 Å². The van der Waals surface area contributed by atoms with Gasteiger partial charge in [0.15, 0.2) is 11.6 Å². The number of halogens is 2. The van der Waals surface area contributed by atoms with E-state index in [0.717, 1.165) is 12.1 Å². The SMILES string of the molecule is COC(=O)C1CC(O)C(N(C)Cc2ccc(F)c(F)c2)C1. The van der Waals surface area contributed by atoms with Gasteiger partial charge in [-0.25, -0.2) is 8.78 Å². The maximum Gasteiger partial charge on any atom is 0.308 e. The summed E-state index contributed by atoms with van der Waals surface area (Å²) in [6.45, 7) is 0.368. The molecule has 3 unspecified atom stereocenters. The van der Waals surface area contributed by atoms with Crippen LogP contribution in [0.25, 0.3) is 0 Å². The van der Waals surface area contributed by atoms with Gasteiger partial charge in [-0.2, -0.15) is 0 Å². The van der Waals surface area contributed by atoms with Gasteiger partial charge in [-0.1, -0.05) is 6.07 Å². The standard InChI is InChI=1S/C15H19F2NO3/c1-18(8-9-3-4-11(16)12(17)5-9)13-6-10(7-14(13)19)15(20)21-2/h3-5,10,13-14,19H,6-8H2,1-2H3. The Kier molecular flexibility index (Phi) is 4.90. The first-order chi connectivity index (χ1) is 9.92. The van der Waals surface area contributed by atoms with Gasteiger partial charge in [0.1, 0.15) is 0 Å². The smallest absolute Gasteiger partial charge is 0.308 e. The molecule has 0 aliphatic heterocycles. The second-order valence-electron chi connectivity index (χ2n) is 5.49. The normalized spacial score (nSPS) is 25.3. The molecule has 4 nitrogen and oxygen atoms in total. The fourth-order valence-corrected chi connectivity index (χ4v) is 2.87. The van der Waals surface area contributed by atoms with E-state index in [9.17, 15) is 18.7 Å². The lowest BCUT2D eigenvalue weighted by Gasteiger charge is -2.27. The first kappa shape index (κ1) is 15.9. The van der Waals surface area contributed by atoms with Gasteiger partial charge in [0.25, 0.3) is 0 Å². The van der Waals surface area contributed by atoms with E-state index in [4.69, 9.17) is 4.74 Å². The van der Waals surface area contributed by atoms with Gasteiger partial charge in [-0.05, 0) is 37.6 Å². The summed E-state index contributed by atoms with van der Waals surface area (Å²) in [5.74, 6) is -2.41. The first-order valence-corrected chi connectivity index (χ1v) is 6.82. The summed E-state index contributed by atoms with van der Waals surface area (Å²) in [7, 11) is 3.11. The Balaban J connectivity index is 2.01. The third-order valence-electron chi connectivity index (χ3n) is 4.01. The highest BCUT2D eigenvalue weighted by atomic mass is 19.2. The zero-order valence-corrected chi connectivity index (χ0v) is 12.1. The van der Waals surface area contributed by atoms with Crippen molar-refractivity contribution < 1.29 is 23.4 Å². The highest BCUT2D eigenvalue weighted by Crippen LogP contribution is 2.31. The molecule has 0 spiro atoms. The van der Waals surface area contributed by atoms with Crippen molar-refractivity contribution in [2.24, 2.45) is 5.92 Å². The fourth-order valence-electron chi connectivity index (χ4n) is 2.87. The summed E-state index contributed by atoms with van der Waals surface area (Å²) in [5, 5.41) is 10.1. The number of hydrogen-bond donors (Lipinski definition) is 1. The summed E-state index contributed by atoms with van der Waals surface area (Å²) in [6, 6.07) is 3.53. The minimum atomic E-state index is -0.889. The van der Waals surface area contributed by atoms with Crippen molar-refractivity contribution in [3.63, 3.8) is 0 Å². The largest absolute Gasteiger partial charge is 0.469 e. The average Bonchev–Trinajstić information content (AvgIpc) is 2.84. The van der Waals surface area contributed by atoms with Crippen LogP contribution in [0.1, 0.15) is 18.4 Å². The maximum absolute atomic E-state index is 13.2. The minimum Gasteiger partial charge on any atom is -0.469 e. The molecule has 0 heterocycles. The number of methoxy groups -OCH3 is 1. The highest BCUT2D eigenvalue weighted by Gasteiger charge is 2.39. The quantitative estimate of drug-likeness (QED) is 0.860. The molecule has 1 N–H and O–H groups in total. The molecular formula is C15H19F2NO3. The Morgan fingerprint density at radius 3 is 2.71 bits per heavy atom. The van der Waals surface area contributed by atoms with Crippen molar-refractivity contribution in [1.82, 2.24) is 4.90 Å². The second-order valence-corrected chi connectivity index (χ2v) is 5.49. The van der Waals surface area contributed by atoms with Crippen LogP contribution in [0, 0.1) is 17.6 Å². The third kappa shape index (κ3) is 3.57. The van der Waals surface area contributed by atoms with Crippen LogP contribution in [-0.4, -0.2) is 42.3 Å². The predicted octanol–water partition coefficient (Wildman–Crippen LogP) is 1.71. The Morgan fingerprint density at radius 1 is 1.38 bits per heavy atom. The fraction of sp³-hybridized carbons (Fsp3) is 0.533. The van der Waals surface area contributed by atoms with Crippen LogP contribution in [0.3, 0.4) is 0 Å². The Bertz CT molecular complexity index is 524. The number of nitrogens with zero attached hydrogens (tertiary/aromatic N) is 1. The van der Waals surface area contributed by atoms with Gasteiger partial charge in [0, 0.05) is 12.6 Å². The Labute approximate surface area is 122 Å². The molecule has 3 atom stereocenters. The lowest BCUT2D eigenvalue weighted by molar-refractivity contribution is -0.145. The van der Waals surface area contributed by atoms with Crippen molar-refractivity contribution >= 4 is 5.97 Å². The molecule has 0 radical (unpaired) electrons. The van der Waals surface area contributed by atoms with Crippen LogP contribution >= 0.6 is 0 Å². The molecule has 1 fully saturated rings. The van der Waals surface area contributed by atoms with Crippen molar-refractivity contribution in [1.29, 1.82) is 0 Å². The molecule has 1 aromatic rings. The monoisotopic (exact) mass is 299 g/mol. The molecule has 2 rings (SSSR count).